The van der Waals surface area contributed by atoms with E-state index in [1.165, 1.54) is 11.8 Å². The maximum Gasteiger partial charge on any atom is 0.421 e. The molecule has 24 heavy (non-hydrogen) atoms. The molecule has 1 amide bonds. The molecule has 5 nitrogen and oxygen atoms in total. The third kappa shape index (κ3) is 6.43. The van der Waals surface area contributed by atoms with E-state index < -0.39 is 17.4 Å². The molecule has 0 radical (unpaired) electrons. The fourth-order valence-corrected chi connectivity index (χ4v) is 1.99. The molecule has 0 fully saturated rings. The first kappa shape index (κ1) is 19.1. The summed E-state index contributed by atoms with van der Waals surface area (Å²) < 4.78 is 0. The van der Waals surface area contributed by atoms with Crippen LogP contribution in [-0.4, -0.2) is 33.6 Å². The summed E-state index contributed by atoms with van der Waals surface area (Å²) in [4.78, 5) is 28.1. The van der Waals surface area contributed by atoms with E-state index in [9.17, 15) is 9.59 Å². The third-order valence-electron chi connectivity index (χ3n) is 3.24. The lowest BCUT2D eigenvalue weighted by molar-refractivity contribution is -0.131. The van der Waals surface area contributed by atoms with Gasteiger partial charge in [-0.3, -0.25) is 9.59 Å². The summed E-state index contributed by atoms with van der Waals surface area (Å²) in [5.41, 5.74) is 9.34. The minimum Gasteiger partial charge on any atom is -0.360 e. The number of unbranched alkanes of at least 4 members (excludes halogenated alkanes) is 2. The Morgan fingerprint density at radius 1 is 1.29 bits per heavy atom. The van der Waals surface area contributed by atoms with Gasteiger partial charge in [-0.15, -0.1) is 12.5 Å². The van der Waals surface area contributed by atoms with E-state index in [1.54, 1.807) is 0 Å². The van der Waals surface area contributed by atoms with Crippen molar-refractivity contribution in [1.29, 1.82) is 0 Å². The van der Waals surface area contributed by atoms with E-state index in [0.29, 0.717) is 6.42 Å². The zero-order chi connectivity index (χ0) is 17.8. The summed E-state index contributed by atoms with van der Waals surface area (Å²) in [6, 6.07) is 9.36. The molecule has 0 saturated heterocycles. The Labute approximate surface area is 142 Å². The number of ketones is 1. The fraction of sp³-hybridized carbons (Fsp3) is 0.316. The highest BCUT2D eigenvalue weighted by Crippen LogP contribution is 2.05. The van der Waals surface area contributed by atoms with Crippen molar-refractivity contribution >= 4 is 17.4 Å². The first-order valence-corrected chi connectivity index (χ1v) is 7.73. The van der Waals surface area contributed by atoms with Crippen LogP contribution < -0.4 is 0 Å². The Morgan fingerprint density at radius 2 is 2.00 bits per heavy atom. The highest BCUT2D eigenvalue weighted by atomic mass is 16.2. The largest absolute Gasteiger partial charge is 0.421 e. The summed E-state index contributed by atoms with van der Waals surface area (Å²) in [6.07, 6.45) is 4.36. The third-order valence-corrected chi connectivity index (χ3v) is 3.24. The Bertz CT molecular complexity index is 692. The second-order valence-corrected chi connectivity index (χ2v) is 5.19. The van der Waals surface area contributed by atoms with Crippen LogP contribution in [0.25, 0.3) is 5.53 Å². The summed E-state index contributed by atoms with van der Waals surface area (Å²) in [7, 11) is 0. The Hall–Kier alpha value is -2.96. The van der Waals surface area contributed by atoms with E-state index in [2.05, 4.69) is 23.2 Å². The van der Waals surface area contributed by atoms with Gasteiger partial charge in [0.2, 0.25) is 5.78 Å². The molecule has 0 heterocycles. The molecule has 0 aliphatic carbocycles. The molecule has 124 valence electrons. The van der Waals surface area contributed by atoms with Gasteiger partial charge in [-0.2, -0.15) is 4.79 Å². The van der Waals surface area contributed by atoms with Gasteiger partial charge < -0.3 is 10.4 Å². The van der Waals surface area contributed by atoms with E-state index >= 15 is 0 Å². The van der Waals surface area contributed by atoms with E-state index in [1.807, 2.05) is 36.4 Å². The number of benzene rings is 1. The normalized spacial score (nSPS) is 9.21. The van der Waals surface area contributed by atoms with Crippen molar-refractivity contribution in [1.82, 2.24) is 4.90 Å². The quantitative estimate of drug-likeness (QED) is 0.140. The van der Waals surface area contributed by atoms with Crippen LogP contribution >= 0.6 is 0 Å². The summed E-state index contributed by atoms with van der Waals surface area (Å²) in [5, 5.41) is 0. The molecule has 1 aromatic rings. The number of rotatable bonds is 8. The monoisotopic (exact) mass is 323 g/mol. The molecular weight excluding hydrogens is 302 g/mol. The van der Waals surface area contributed by atoms with Gasteiger partial charge in [0.1, 0.15) is 0 Å². The number of Topliss-reactive ketones (excluding diaryl/α,β-unsaturated/α-hetero) is 1. The number of carbonyl (C=O) groups is 2. The number of hydrogen-bond acceptors (Lipinski definition) is 2. The van der Waals surface area contributed by atoms with E-state index in [4.69, 9.17) is 5.53 Å². The van der Waals surface area contributed by atoms with E-state index in [-0.39, 0.29) is 13.1 Å². The molecule has 5 heteroatoms. The predicted molar refractivity (Wildman–Crippen MR) is 93.0 cm³/mol. The van der Waals surface area contributed by atoms with Gasteiger partial charge in [-0.25, -0.2) is 0 Å². The van der Waals surface area contributed by atoms with Gasteiger partial charge in [0, 0.05) is 19.9 Å². The van der Waals surface area contributed by atoms with Crippen molar-refractivity contribution in [3.63, 3.8) is 0 Å². The van der Waals surface area contributed by atoms with Crippen molar-refractivity contribution in [2.24, 2.45) is 0 Å². The second-order valence-electron chi connectivity index (χ2n) is 5.19. The number of amides is 1. The number of nitrogens with zero attached hydrogens (tertiary/aromatic N) is 3. The zero-order valence-corrected chi connectivity index (χ0v) is 13.9. The number of carbonyl (C=O) groups excluding carboxylic acids is 2. The Kier molecular flexibility index (Phi) is 8.52. The molecular formula is C19H21N3O2. The summed E-state index contributed by atoms with van der Waals surface area (Å²) in [5.74, 6) is 4.72. The molecule has 0 bridgehead atoms. The Morgan fingerprint density at radius 3 is 2.58 bits per heavy atom. The van der Waals surface area contributed by atoms with Crippen molar-refractivity contribution in [2.45, 2.75) is 32.7 Å². The van der Waals surface area contributed by atoms with Gasteiger partial charge in [-0.1, -0.05) is 42.3 Å². The highest BCUT2D eigenvalue weighted by Gasteiger charge is 2.30. The molecule has 0 unspecified atom stereocenters. The van der Waals surface area contributed by atoms with Gasteiger partial charge in [0.15, 0.2) is 0 Å². The van der Waals surface area contributed by atoms with E-state index in [0.717, 1.165) is 18.4 Å². The zero-order valence-electron chi connectivity index (χ0n) is 13.9. The van der Waals surface area contributed by atoms with Crippen LogP contribution in [0, 0.1) is 11.8 Å². The minimum absolute atomic E-state index is 0.161. The van der Waals surface area contributed by atoms with Crippen molar-refractivity contribution in [3.8, 4) is 11.8 Å². The maximum atomic E-state index is 12.4. The maximum absolute atomic E-state index is 12.4. The lowest BCUT2D eigenvalue weighted by Gasteiger charge is -2.17. The van der Waals surface area contributed by atoms with Crippen LogP contribution in [0.4, 0.5) is 0 Å². The second kappa shape index (κ2) is 10.7. The average molecular weight is 323 g/mol. The van der Waals surface area contributed by atoms with Gasteiger partial charge in [-0.05, 0) is 18.4 Å². The van der Waals surface area contributed by atoms with Gasteiger partial charge >= 0.3 is 11.6 Å². The number of allylic oxidation sites excluding steroid dienone is 1. The van der Waals surface area contributed by atoms with Gasteiger partial charge in [0.25, 0.3) is 0 Å². The molecule has 0 aliphatic rings. The molecule has 0 aliphatic heterocycles. The lowest BCUT2D eigenvalue weighted by Crippen LogP contribution is -2.39. The summed E-state index contributed by atoms with van der Waals surface area (Å²) >= 11 is 0. The smallest absolute Gasteiger partial charge is 0.360 e. The van der Waals surface area contributed by atoms with Crippen molar-refractivity contribution < 1.29 is 14.4 Å². The molecule has 0 saturated carbocycles. The summed E-state index contributed by atoms with van der Waals surface area (Å²) in [6.45, 7) is 5.29. The first-order chi connectivity index (χ1) is 11.6. The molecule has 0 aromatic heterocycles. The predicted octanol–water partition coefficient (Wildman–Crippen LogP) is 2.63. The van der Waals surface area contributed by atoms with Crippen molar-refractivity contribution in [2.75, 3.05) is 6.54 Å². The Balaban J connectivity index is 2.86. The van der Waals surface area contributed by atoms with Crippen LogP contribution in [0.2, 0.25) is 0 Å². The van der Waals surface area contributed by atoms with Crippen LogP contribution in [0.1, 0.15) is 31.7 Å². The van der Waals surface area contributed by atoms with Crippen LogP contribution in [0.5, 0.6) is 0 Å². The lowest BCUT2D eigenvalue weighted by atomic mass is 10.1. The first-order valence-electron chi connectivity index (χ1n) is 7.73. The van der Waals surface area contributed by atoms with Gasteiger partial charge in [0.05, 0.1) is 6.54 Å². The minimum atomic E-state index is -0.630. The van der Waals surface area contributed by atoms with Crippen molar-refractivity contribution in [3.05, 3.63) is 54.1 Å². The molecule has 0 N–H and O–H groups in total. The van der Waals surface area contributed by atoms with Crippen LogP contribution in [-0.2, 0) is 16.1 Å². The SMILES string of the molecule is C=CCCCC#CCN(Cc1ccccc1)C(=O)C(=[N+]=[N-])C(C)=O. The van der Waals surface area contributed by atoms with Crippen LogP contribution in [0.15, 0.2) is 43.0 Å². The molecule has 1 aromatic carbocycles. The molecule has 0 spiro atoms. The number of hydrogen-bond donors (Lipinski definition) is 0. The standard InChI is InChI=1S/C19H21N3O2/c1-3-4-5-6-7-11-14-22(15-17-12-9-8-10-13-17)19(24)18(21-20)16(2)23/h3,8-10,12-13H,1,4-6,14-15H2,2H3. The highest BCUT2D eigenvalue weighted by molar-refractivity contribution is 6.63. The fourth-order valence-electron chi connectivity index (χ4n) is 1.99. The molecule has 0 atom stereocenters. The average Bonchev–Trinajstić information content (AvgIpc) is 2.58. The topological polar surface area (TPSA) is 73.8 Å². The molecule has 1 rings (SSSR count). The van der Waals surface area contributed by atoms with Crippen LogP contribution in [0.3, 0.4) is 0 Å².